The topological polar surface area (TPSA) is 325 Å². The third-order valence-corrected chi connectivity index (χ3v) is 9.20. The molecule has 23 heteroatoms. The molecule has 236 valence electrons. The summed E-state index contributed by atoms with van der Waals surface area (Å²) in [6, 6.07) is 8.50. The molecule has 0 heterocycles. The number of rotatable bonds is 12. The number of sulfone groups is 1. The van der Waals surface area contributed by atoms with Gasteiger partial charge in [-0.1, -0.05) is 12.1 Å². The molecule has 0 aliphatic rings. The van der Waals surface area contributed by atoms with Gasteiger partial charge in [0.25, 0.3) is 20.2 Å². The Labute approximate surface area is 249 Å². The molecule has 0 saturated heterocycles. The highest BCUT2D eigenvalue weighted by molar-refractivity contribution is 7.91. The smallest absolute Gasteiger partial charge is 0.396 e. The number of nitrogens with zero attached hydrogens (tertiary/aromatic N) is 4. The number of anilines is 2. The van der Waals surface area contributed by atoms with Crippen LogP contribution in [0, 0.1) is 0 Å². The van der Waals surface area contributed by atoms with Gasteiger partial charge in [-0.2, -0.15) is 30.4 Å². The van der Waals surface area contributed by atoms with E-state index in [9.17, 15) is 47.6 Å². The van der Waals surface area contributed by atoms with Crippen LogP contribution in [0.1, 0.15) is 10.4 Å². The van der Waals surface area contributed by atoms with Gasteiger partial charge in [0.05, 0.1) is 34.3 Å². The van der Waals surface area contributed by atoms with Gasteiger partial charge in [0.15, 0.2) is 9.84 Å². The summed E-state index contributed by atoms with van der Waals surface area (Å²) in [7, 11) is -19.7. The van der Waals surface area contributed by atoms with Crippen molar-refractivity contribution in [2.75, 3.05) is 23.8 Å². The van der Waals surface area contributed by atoms with E-state index < -0.39 is 96.0 Å². The highest BCUT2D eigenvalue weighted by Crippen LogP contribution is 2.43. The first-order valence-corrected chi connectivity index (χ1v) is 17.2. The second-order valence-corrected chi connectivity index (χ2v) is 14.3. The molecule has 44 heavy (non-hydrogen) atoms. The van der Waals surface area contributed by atoms with E-state index in [1.807, 2.05) is 0 Å². The zero-order valence-corrected chi connectivity index (χ0v) is 24.9. The number of carbonyl (C=O) groups excluding carboxylic acids is 1. The zero-order valence-electron chi connectivity index (χ0n) is 21.6. The third kappa shape index (κ3) is 8.66. The SMILES string of the molecule is Nc1c(N=Nc2cccc(C=O)c2)cc(S(=O)(=O)O)c(N)c1N=Nc1ccc(S(=O)(=O)CCOS(=O)(=O)O)cc1S(=O)(=O)O. The van der Waals surface area contributed by atoms with Gasteiger partial charge in [-0.3, -0.25) is 18.5 Å². The Hall–Kier alpha value is -4.23. The summed E-state index contributed by atoms with van der Waals surface area (Å²) >= 11 is 0. The van der Waals surface area contributed by atoms with Crippen molar-refractivity contribution in [3.63, 3.8) is 0 Å². The number of hydrogen-bond acceptors (Lipinski definition) is 16. The van der Waals surface area contributed by atoms with E-state index in [0.29, 0.717) is 12.4 Å². The van der Waals surface area contributed by atoms with Crippen molar-refractivity contribution in [2.45, 2.75) is 14.7 Å². The zero-order chi connectivity index (χ0) is 33.1. The summed E-state index contributed by atoms with van der Waals surface area (Å²) in [6.07, 6.45) is 0.534. The van der Waals surface area contributed by atoms with Crippen LogP contribution in [0.5, 0.6) is 0 Å². The second-order valence-electron chi connectivity index (χ2n) is 8.33. The van der Waals surface area contributed by atoms with E-state index >= 15 is 0 Å². The van der Waals surface area contributed by atoms with E-state index in [1.165, 1.54) is 24.3 Å². The second kappa shape index (κ2) is 12.8. The molecule has 3 aromatic rings. The fourth-order valence-corrected chi connectivity index (χ4v) is 6.16. The lowest BCUT2D eigenvalue weighted by Crippen LogP contribution is -2.16. The maximum atomic E-state index is 12.5. The summed E-state index contributed by atoms with van der Waals surface area (Å²) in [5.74, 6) is -1.04. The maximum absolute atomic E-state index is 12.5. The Morgan fingerprint density at radius 3 is 1.95 bits per heavy atom. The lowest BCUT2D eigenvalue weighted by molar-refractivity contribution is 0.112. The first-order chi connectivity index (χ1) is 20.2. The molecule has 0 amide bonds. The van der Waals surface area contributed by atoms with E-state index in [4.69, 9.17) is 16.0 Å². The first-order valence-electron chi connectivity index (χ1n) is 11.3. The van der Waals surface area contributed by atoms with Crippen LogP contribution < -0.4 is 11.5 Å². The fraction of sp³-hybridized carbons (Fsp3) is 0.0952. The summed E-state index contributed by atoms with van der Waals surface area (Å²) in [6.45, 7) is -1.03. The Bertz CT molecular complexity index is 2130. The highest BCUT2D eigenvalue weighted by Gasteiger charge is 2.25. The first kappa shape index (κ1) is 34.3. The minimum absolute atomic E-state index is 0.139. The van der Waals surface area contributed by atoms with Crippen LogP contribution >= 0.6 is 0 Å². The quantitative estimate of drug-likeness (QED) is 0.0788. The maximum Gasteiger partial charge on any atom is 0.397 e. The number of hydrogen-bond donors (Lipinski definition) is 5. The average molecular weight is 693 g/mol. The van der Waals surface area contributed by atoms with Gasteiger partial charge in [0.1, 0.15) is 33.1 Å². The van der Waals surface area contributed by atoms with Gasteiger partial charge < -0.3 is 11.5 Å². The summed E-state index contributed by atoms with van der Waals surface area (Å²) in [5.41, 5.74) is 9.22. The van der Waals surface area contributed by atoms with E-state index in [0.717, 1.165) is 18.2 Å². The molecular weight excluding hydrogens is 673 g/mol. The van der Waals surface area contributed by atoms with E-state index in [1.54, 1.807) is 0 Å². The molecule has 0 unspecified atom stereocenters. The minimum Gasteiger partial charge on any atom is -0.396 e. The molecule has 0 radical (unpaired) electrons. The summed E-state index contributed by atoms with van der Waals surface area (Å²) in [4.78, 5) is 8.20. The molecular formula is C21H20N6O13S4. The molecule has 19 nitrogen and oxygen atoms in total. The average Bonchev–Trinajstić information content (AvgIpc) is 2.90. The van der Waals surface area contributed by atoms with Crippen molar-refractivity contribution < 1.29 is 56.3 Å². The molecule has 7 N–H and O–H groups in total. The number of azo groups is 2. The molecule has 0 atom stereocenters. The molecule has 0 aliphatic heterocycles. The molecule has 0 fully saturated rings. The van der Waals surface area contributed by atoms with Crippen molar-refractivity contribution in [2.24, 2.45) is 20.5 Å². The Morgan fingerprint density at radius 2 is 1.36 bits per heavy atom. The lowest BCUT2D eigenvalue weighted by Gasteiger charge is -2.11. The van der Waals surface area contributed by atoms with Gasteiger partial charge >= 0.3 is 10.4 Å². The molecule has 3 aromatic carbocycles. The summed E-state index contributed by atoms with van der Waals surface area (Å²) in [5, 5.41) is 14.9. The Morgan fingerprint density at radius 1 is 0.727 bits per heavy atom. The van der Waals surface area contributed by atoms with Crippen molar-refractivity contribution in [1.29, 1.82) is 0 Å². The van der Waals surface area contributed by atoms with Crippen LogP contribution in [0.2, 0.25) is 0 Å². The minimum atomic E-state index is -5.21. The predicted molar refractivity (Wildman–Crippen MR) is 151 cm³/mol. The number of aldehydes is 1. The highest BCUT2D eigenvalue weighted by atomic mass is 32.3. The van der Waals surface area contributed by atoms with Gasteiger partial charge in [-0.25, -0.2) is 12.6 Å². The van der Waals surface area contributed by atoms with Crippen LogP contribution in [0.15, 0.2) is 83.7 Å². The standard InChI is InChI=1S/C21H20N6O13S4/c22-19-16(26-24-13-3-1-2-12(8-13)11-28)10-18(43(34,35)36)20(23)21(19)27-25-15-5-4-14(9-17(15)42(31,32)33)41(29,30)7-6-40-44(37,38)39/h1-5,8-11H,6-7,22-23H2,(H,31,32,33)(H,34,35,36)(H,37,38,39). The number of benzene rings is 3. The molecule has 0 spiro atoms. The summed E-state index contributed by atoms with van der Waals surface area (Å²) < 4.78 is 126. The van der Waals surface area contributed by atoms with Crippen molar-refractivity contribution in [3.8, 4) is 0 Å². The van der Waals surface area contributed by atoms with Crippen LogP contribution in [0.4, 0.5) is 34.1 Å². The van der Waals surface area contributed by atoms with Crippen LogP contribution in [-0.4, -0.2) is 66.0 Å². The largest absolute Gasteiger partial charge is 0.397 e. The fourth-order valence-electron chi connectivity index (χ4n) is 3.29. The van der Waals surface area contributed by atoms with Gasteiger partial charge in [-0.05, 0) is 36.4 Å². The lowest BCUT2D eigenvalue weighted by atomic mass is 10.2. The van der Waals surface area contributed by atoms with Crippen molar-refractivity contribution in [3.05, 3.63) is 54.1 Å². The Balaban J connectivity index is 2.12. The molecule has 0 aromatic heterocycles. The van der Waals surface area contributed by atoms with Gasteiger partial charge in [0.2, 0.25) is 0 Å². The van der Waals surface area contributed by atoms with E-state index in [-0.39, 0.29) is 11.3 Å². The van der Waals surface area contributed by atoms with Gasteiger partial charge in [0, 0.05) is 5.56 Å². The molecule has 0 aliphatic carbocycles. The molecule has 3 rings (SSSR count). The number of nitrogens with two attached hydrogens (primary N) is 2. The predicted octanol–water partition coefficient (Wildman–Crippen LogP) is 2.58. The van der Waals surface area contributed by atoms with Crippen molar-refractivity contribution >= 4 is 80.9 Å². The normalized spacial score (nSPS) is 13.1. The third-order valence-electron chi connectivity index (χ3n) is 5.29. The monoisotopic (exact) mass is 692 g/mol. The van der Waals surface area contributed by atoms with Crippen molar-refractivity contribution in [1.82, 2.24) is 0 Å². The molecule has 0 bridgehead atoms. The Kier molecular flexibility index (Phi) is 9.96. The van der Waals surface area contributed by atoms with Gasteiger partial charge in [-0.15, -0.1) is 15.3 Å². The number of nitrogen functional groups attached to an aromatic ring is 2. The van der Waals surface area contributed by atoms with Crippen LogP contribution in [0.3, 0.4) is 0 Å². The number of carbonyl (C=O) groups is 1. The van der Waals surface area contributed by atoms with Crippen LogP contribution in [0.25, 0.3) is 0 Å². The van der Waals surface area contributed by atoms with Crippen LogP contribution in [-0.2, 0) is 44.7 Å². The molecule has 0 saturated carbocycles. The van der Waals surface area contributed by atoms with E-state index in [2.05, 4.69) is 24.6 Å².